The predicted molar refractivity (Wildman–Crippen MR) is 65.2 cm³/mol. The third-order valence-corrected chi connectivity index (χ3v) is 2.05. The number of hydrogen-bond donors (Lipinski definition) is 2. The fraction of sp³-hybridized carbons (Fsp3) is 0.182. The molecule has 0 aliphatic carbocycles. The van der Waals surface area contributed by atoms with Crippen LogP contribution in [0, 0.1) is 10.1 Å². The number of nitrogens with zero attached hydrogens (tertiary/aromatic N) is 1. The summed E-state index contributed by atoms with van der Waals surface area (Å²) >= 11 is 0. The molecule has 0 bridgehead atoms. The molecular formula is C11H13N3O3. The van der Waals surface area contributed by atoms with Crippen LogP contribution in [0.2, 0.25) is 0 Å². The number of amides is 1. The molecule has 6 nitrogen and oxygen atoms in total. The Morgan fingerprint density at radius 1 is 1.59 bits per heavy atom. The normalized spacial score (nSPS) is 10.4. The molecule has 0 unspecified atom stereocenters. The van der Waals surface area contributed by atoms with E-state index < -0.39 is 4.92 Å². The highest BCUT2D eigenvalue weighted by Crippen LogP contribution is 2.20. The molecule has 1 aromatic rings. The van der Waals surface area contributed by atoms with Gasteiger partial charge in [0, 0.05) is 36.9 Å². The summed E-state index contributed by atoms with van der Waals surface area (Å²) in [4.78, 5) is 20.7. The zero-order chi connectivity index (χ0) is 12.8. The fourth-order valence-corrected chi connectivity index (χ4v) is 1.21. The van der Waals surface area contributed by atoms with E-state index in [1.807, 2.05) is 0 Å². The van der Waals surface area contributed by atoms with E-state index in [1.165, 1.54) is 25.1 Å². The summed E-state index contributed by atoms with van der Waals surface area (Å²) < 4.78 is 0. The van der Waals surface area contributed by atoms with Crippen LogP contribution in [0.1, 0.15) is 12.5 Å². The van der Waals surface area contributed by atoms with E-state index in [9.17, 15) is 14.9 Å². The van der Waals surface area contributed by atoms with Crippen molar-refractivity contribution in [2.24, 2.45) is 0 Å². The Hall–Kier alpha value is -2.37. The van der Waals surface area contributed by atoms with Gasteiger partial charge in [-0.25, -0.2) is 0 Å². The number of nitro benzene ring substituents is 1. The minimum Gasteiger partial charge on any atom is -0.398 e. The number of rotatable bonds is 4. The first-order valence-electron chi connectivity index (χ1n) is 4.95. The molecule has 17 heavy (non-hydrogen) atoms. The Morgan fingerprint density at radius 2 is 2.29 bits per heavy atom. The maximum atomic E-state index is 10.6. The van der Waals surface area contributed by atoms with Crippen molar-refractivity contribution in [3.05, 3.63) is 40.0 Å². The van der Waals surface area contributed by atoms with Gasteiger partial charge in [0.1, 0.15) is 0 Å². The third-order valence-electron chi connectivity index (χ3n) is 2.05. The highest BCUT2D eigenvalue weighted by molar-refractivity contribution is 5.73. The number of nitrogen functional groups attached to an aromatic ring is 1. The summed E-state index contributed by atoms with van der Waals surface area (Å²) in [5, 5.41) is 13.1. The topological polar surface area (TPSA) is 98.3 Å². The molecule has 0 saturated carbocycles. The Labute approximate surface area is 98.3 Å². The van der Waals surface area contributed by atoms with Crippen LogP contribution >= 0.6 is 0 Å². The molecule has 1 amide bonds. The van der Waals surface area contributed by atoms with Gasteiger partial charge in [-0.05, 0) is 6.07 Å². The molecular weight excluding hydrogens is 222 g/mol. The summed E-state index contributed by atoms with van der Waals surface area (Å²) in [7, 11) is 0. The third kappa shape index (κ3) is 3.94. The van der Waals surface area contributed by atoms with E-state index in [2.05, 4.69) is 5.32 Å². The molecule has 3 N–H and O–H groups in total. The lowest BCUT2D eigenvalue weighted by atomic mass is 10.1. The first-order valence-corrected chi connectivity index (χ1v) is 4.95. The van der Waals surface area contributed by atoms with Crippen molar-refractivity contribution in [3.63, 3.8) is 0 Å². The summed E-state index contributed by atoms with van der Waals surface area (Å²) in [5.74, 6) is -0.137. The van der Waals surface area contributed by atoms with Crippen molar-refractivity contribution in [1.82, 2.24) is 5.32 Å². The Morgan fingerprint density at radius 3 is 2.88 bits per heavy atom. The quantitative estimate of drug-likeness (QED) is 0.467. The Bertz CT molecular complexity index is 469. The van der Waals surface area contributed by atoms with Crippen molar-refractivity contribution >= 4 is 23.4 Å². The fourth-order valence-electron chi connectivity index (χ4n) is 1.21. The van der Waals surface area contributed by atoms with Gasteiger partial charge in [-0.1, -0.05) is 12.2 Å². The maximum Gasteiger partial charge on any atom is 0.270 e. The van der Waals surface area contributed by atoms with E-state index >= 15 is 0 Å². The average Bonchev–Trinajstić information content (AvgIpc) is 2.25. The molecule has 0 aromatic heterocycles. The van der Waals surface area contributed by atoms with Crippen molar-refractivity contribution in [2.75, 3.05) is 12.3 Å². The zero-order valence-corrected chi connectivity index (χ0v) is 9.34. The van der Waals surface area contributed by atoms with Gasteiger partial charge in [0.25, 0.3) is 5.69 Å². The van der Waals surface area contributed by atoms with E-state index in [-0.39, 0.29) is 11.6 Å². The largest absolute Gasteiger partial charge is 0.398 e. The number of nitrogens with two attached hydrogens (primary N) is 1. The minimum absolute atomic E-state index is 0.0154. The molecule has 1 rings (SSSR count). The second-order valence-corrected chi connectivity index (χ2v) is 3.41. The molecule has 0 aliphatic heterocycles. The highest BCUT2D eigenvalue weighted by atomic mass is 16.6. The van der Waals surface area contributed by atoms with Crippen molar-refractivity contribution < 1.29 is 9.72 Å². The summed E-state index contributed by atoms with van der Waals surface area (Å²) in [6.07, 6.45) is 3.31. The molecule has 0 aliphatic rings. The van der Waals surface area contributed by atoms with Gasteiger partial charge in [-0.15, -0.1) is 0 Å². The van der Waals surface area contributed by atoms with Crippen LogP contribution in [0.3, 0.4) is 0 Å². The monoisotopic (exact) mass is 235 g/mol. The summed E-state index contributed by atoms with van der Waals surface area (Å²) in [6, 6.07) is 4.22. The number of hydrogen-bond acceptors (Lipinski definition) is 4. The standard InChI is InChI=1S/C11H13N3O3/c1-8(15)13-6-2-3-9-7-10(14(16)17)4-5-11(9)12/h2-5,7H,6,12H2,1H3,(H,13,15). The van der Waals surface area contributed by atoms with Gasteiger partial charge in [0.05, 0.1) is 4.92 Å². The lowest BCUT2D eigenvalue weighted by Gasteiger charge is -2.00. The number of nitrogens with one attached hydrogen (secondary N) is 1. The second kappa shape index (κ2) is 5.64. The number of carbonyl (C=O) groups excluding carboxylic acids is 1. The van der Waals surface area contributed by atoms with E-state index in [0.29, 0.717) is 17.8 Å². The molecule has 0 atom stereocenters. The molecule has 0 spiro atoms. The lowest BCUT2D eigenvalue weighted by Crippen LogP contribution is -2.19. The van der Waals surface area contributed by atoms with Gasteiger partial charge in [-0.3, -0.25) is 14.9 Å². The molecule has 6 heteroatoms. The molecule has 0 heterocycles. The first-order chi connectivity index (χ1) is 8.00. The van der Waals surface area contributed by atoms with Crippen molar-refractivity contribution in [1.29, 1.82) is 0 Å². The van der Waals surface area contributed by atoms with Crippen LogP contribution in [-0.4, -0.2) is 17.4 Å². The Kier molecular flexibility index (Phi) is 4.21. The minimum atomic E-state index is -0.482. The molecule has 0 radical (unpaired) electrons. The SMILES string of the molecule is CC(=O)NCC=Cc1cc([N+](=O)[O-])ccc1N. The van der Waals surface area contributed by atoms with Crippen LogP contribution in [0.15, 0.2) is 24.3 Å². The number of anilines is 1. The van der Waals surface area contributed by atoms with Gasteiger partial charge in [-0.2, -0.15) is 0 Å². The van der Waals surface area contributed by atoms with Crippen molar-refractivity contribution in [3.8, 4) is 0 Å². The van der Waals surface area contributed by atoms with Gasteiger partial charge in [0.2, 0.25) is 5.91 Å². The number of carbonyl (C=O) groups is 1. The first kappa shape index (κ1) is 12.7. The second-order valence-electron chi connectivity index (χ2n) is 3.41. The van der Waals surface area contributed by atoms with Gasteiger partial charge >= 0.3 is 0 Å². The van der Waals surface area contributed by atoms with Crippen LogP contribution in [-0.2, 0) is 4.79 Å². The van der Waals surface area contributed by atoms with Crippen LogP contribution in [0.5, 0.6) is 0 Å². The van der Waals surface area contributed by atoms with Gasteiger partial charge < -0.3 is 11.1 Å². The smallest absolute Gasteiger partial charge is 0.270 e. The van der Waals surface area contributed by atoms with E-state index in [1.54, 1.807) is 12.2 Å². The molecule has 0 fully saturated rings. The number of benzene rings is 1. The summed E-state index contributed by atoms with van der Waals surface area (Å²) in [5.41, 5.74) is 6.67. The highest BCUT2D eigenvalue weighted by Gasteiger charge is 2.06. The number of non-ortho nitro benzene ring substituents is 1. The molecule has 1 aromatic carbocycles. The molecule has 0 saturated heterocycles. The van der Waals surface area contributed by atoms with Crippen molar-refractivity contribution in [2.45, 2.75) is 6.92 Å². The van der Waals surface area contributed by atoms with Crippen LogP contribution in [0.25, 0.3) is 6.08 Å². The average molecular weight is 235 g/mol. The zero-order valence-electron chi connectivity index (χ0n) is 9.34. The van der Waals surface area contributed by atoms with Gasteiger partial charge in [0.15, 0.2) is 0 Å². The van der Waals surface area contributed by atoms with Crippen LogP contribution < -0.4 is 11.1 Å². The van der Waals surface area contributed by atoms with E-state index in [4.69, 9.17) is 5.73 Å². The van der Waals surface area contributed by atoms with E-state index in [0.717, 1.165) is 0 Å². The Balaban J connectivity index is 2.79. The summed E-state index contributed by atoms with van der Waals surface area (Å²) in [6.45, 7) is 1.77. The number of nitro groups is 1. The maximum absolute atomic E-state index is 10.6. The predicted octanol–water partition coefficient (Wildman–Crippen LogP) is 1.33. The lowest BCUT2D eigenvalue weighted by molar-refractivity contribution is -0.384. The van der Waals surface area contributed by atoms with Crippen LogP contribution in [0.4, 0.5) is 11.4 Å². The molecule has 90 valence electrons.